The fraction of sp³-hybridized carbons (Fsp3) is 0.571. The highest BCUT2D eigenvalue weighted by Crippen LogP contribution is 2.24. The van der Waals surface area contributed by atoms with Gasteiger partial charge in [-0.15, -0.1) is 6.58 Å². The Hall–Kier alpha value is -0.690. The van der Waals surface area contributed by atoms with E-state index in [9.17, 15) is 9.36 Å². The maximum atomic E-state index is 11.0. The van der Waals surface area contributed by atoms with Gasteiger partial charge < -0.3 is 4.52 Å². The zero-order valence-electron chi connectivity index (χ0n) is 6.66. The molecule has 0 radical (unpaired) electrons. The van der Waals surface area contributed by atoms with Crippen LogP contribution in [0.2, 0.25) is 0 Å². The summed E-state index contributed by atoms with van der Waals surface area (Å²) in [7, 11) is -0.595. The fourth-order valence-electron chi connectivity index (χ4n) is 0.602. The third-order valence-corrected chi connectivity index (χ3v) is 1.57. The molecule has 0 rings (SSSR count). The van der Waals surface area contributed by atoms with Crippen molar-refractivity contribution in [3.63, 3.8) is 0 Å². The molecule has 0 saturated heterocycles. The largest absolute Gasteiger partial charge is 0.398 e. The van der Waals surface area contributed by atoms with Gasteiger partial charge in [-0.1, -0.05) is 6.08 Å². The molecular weight excluding hydrogens is 163 g/mol. The monoisotopic (exact) mass is 174 g/mol. The second kappa shape index (κ2) is 4.24. The Morgan fingerprint density at radius 2 is 2.27 bits per heavy atom. The van der Waals surface area contributed by atoms with E-state index in [0.29, 0.717) is 6.42 Å². The lowest BCUT2D eigenvalue weighted by Crippen LogP contribution is -2.23. The van der Waals surface area contributed by atoms with Crippen LogP contribution in [0.4, 0.5) is 0 Å². The van der Waals surface area contributed by atoms with Crippen molar-refractivity contribution < 1.29 is 13.9 Å². The lowest BCUT2D eigenvalue weighted by Gasteiger charge is -2.17. The molecule has 0 spiro atoms. The number of hydrogen-bond donors (Lipinski definition) is 0. The molecule has 4 heteroatoms. The molecule has 0 aliphatic heterocycles. The summed E-state index contributed by atoms with van der Waals surface area (Å²) < 4.78 is 14.2. The van der Waals surface area contributed by atoms with E-state index in [1.165, 1.54) is 0 Å². The van der Waals surface area contributed by atoms with Crippen molar-refractivity contribution in [2.45, 2.75) is 20.3 Å². The highest BCUT2D eigenvalue weighted by atomic mass is 31.1. The van der Waals surface area contributed by atoms with Crippen LogP contribution in [0.5, 0.6) is 0 Å². The van der Waals surface area contributed by atoms with Gasteiger partial charge in [-0.25, -0.2) is 4.57 Å². The van der Waals surface area contributed by atoms with Crippen molar-refractivity contribution in [3.8, 4) is 0 Å². The molecular formula is C7H11O3P. The summed E-state index contributed by atoms with van der Waals surface area (Å²) in [5.41, 5.74) is -0.626. The first kappa shape index (κ1) is 10.3. The van der Waals surface area contributed by atoms with E-state index in [1.54, 1.807) is 19.9 Å². The minimum atomic E-state index is -0.626. The maximum Gasteiger partial charge on any atom is 0.398 e. The number of allylic oxidation sites excluding steroid dienone is 1. The Labute approximate surface area is 67.7 Å². The predicted molar refractivity (Wildman–Crippen MR) is 42.3 cm³/mol. The molecule has 11 heavy (non-hydrogen) atoms. The van der Waals surface area contributed by atoms with Crippen LogP contribution in [0.25, 0.3) is 0 Å². The van der Waals surface area contributed by atoms with E-state index >= 15 is 0 Å². The van der Waals surface area contributed by atoms with Crippen molar-refractivity contribution in [1.82, 2.24) is 0 Å². The van der Waals surface area contributed by atoms with Gasteiger partial charge in [0, 0.05) is 0 Å². The maximum absolute atomic E-state index is 11.0. The van der Waals surface area contributed by atoms with Crippen LogP contribution in [0, 0.1) is 5.41 Å². The summed E-state index contributed by atoms with van der Waals surface area (Å²) >= 11 is 0. The molecule has 0 atom stereocenters. The van der Waals surface area contributed by atoms with E-state index in [1.807, 2.05) is 0 Å². The summed E-state index contributed by atoms with van der Waals surface area (Å²) in [4.78, 5) is 11.0. The third kappa shape index (κ3) is 3.28. The molecule has 3 nitrogen and oxygen atoms in total. The Bertz CT molecular complexity index is 175. The van der Waals surface area contributed by atoms with E-state index < -0.39 is 20.1 Å². The van der Waals surface area contributed by atoms with E-state index in [2.05, 4.69) is 11.1 Å². The Morgan fingerprint density at radius 3 is 2.64 bits per heavy atom. The van der Waals surface area contributed by atoms with Crippen LogP contribution in [0.15, 0.2) is 12.7 Å². The topological polar surface area (TPSA) is 43.4 Å². The fourth-order valence-corrected chi connectivity index (χ4v) is 0.916. The van der Waals surface area contributed by atoms with Crippen molar-refractivity contribution in [1.29, 1.82) is 0 Å². The van der Waals surface area contributed by atoms with Crippen molar-refractivity contribution >= 4 is 14.7 Å². The van der Waals surface area contributed by atoms with E-state index in [4.69, 9.17) is 0 Å². The summed E-state index contributed by atoms with van der Waals surface area (Å²) in [5.74, 6) is -0.478. The number of carbonyl (C=O) groups is 1. The SMILES string of the molecule is C=CCC(C)(C)C(=O)OP=O. The summed E-state index contributed by atoms with van der Waals surface area (Å²) in [6.07, 6.45) is 2.14. The highest BCUT2D eigenvalue weighted by molar-refractivity contribution is 7.18. The molecule has 0 aromatic heterocycles. The van der Waals surface area contributed by atoms with Crippen molar-refractivity contribution in [2.75, 3.05) is 0 Å². The van der Waals surface area contributed by atoms with Crippen LogP contribution >= 0.6 is 8.69 Å². The lowest BCUT2D eigenvalue weighted by atomic mass is 9.90. The molecule has 0 amide bonds. The van der Waals surface area contributed by atoms with Gasteiger partial charge in [-0.2, -0.15) is 0 Å². The quantitative estimate of drug-likeness (QED) is 0.485. The zero-order valence-corrected chi connectivity index (χ0v) is 7.56. The van der Waals surface area contributed by atoms with Gasteiger partial charge in [0.25, 0.3) is 0 Å². The standard InChI is InChI=1S/C7H11O3P/c1-4-5-7(2,3)6(8)10-11-9/h4H,1,5H2,2-3H3. The summed E-state index contributed by atoms with van der Waals surface area (Å²) in [6, 6.07) is 0. The minimum Gasteiger partial charge on any atom is -0.372 e. The zero-order chi connectivity index (χ0) is 8.91. The minimum absolute atomic E-state index is 0.478. The molecule has 0 aliphatic carbocycles. The number of carbonyl (C=O) groups excluding carboxylic acids is 1. The van der Waals surface area contributed by atoms with Crippen LogP contribution in [-0.4, -0.2) is 5.97 Å². The van der Waals surface area contributed by atoms with Gasteiger partial charge >= 0.3 is 14.7 Å². The van der Waals surface area contributed by atoms with Crippen LogP contribution in [0.3, 0.4) is 0 Å². The molecule has 0 fully saturated rings. The normalized spacial score (nSPS) is 11.1. The molecule has 0 aromatic carbocycles. The summed E-state index contributed by atoms with van der Waals surface area (Å²) in [6.45, 7) is 6.92. The number of rotatable bonds is 4. The van der Waals surface area contributed by atoms with Crippen LogP contribution in [-0.2, 0) is 13.9 Å². The van der Waals surface area contributed by atoms with Gasteiger partial charge in [0.05, 0.1) is 5.41 Å². The van der Waals surface area contributed by atoms with Crippen LogP contribution in [0.1, 0.15) is 20.3 Å². The van der Waals surface area contributed by atoms with Gasteiger partial charge in [-0.05, 0) is 20.3 Å². The second-order valence-electron chi connectivity index (χ2n) is 2.83. The Morgan fingerprint density at radius 1 is 1.73 bits per heavy atom. The molecule has 0 N–H and O–H groups in total. The smallest absolute Gasteiger partial charge is 0.372 e. The van der Waals surface area contributed by atoms with Gasteiger partial charge in [0.1, 0.15) is 0 Å². The average molecular weight is 174 g/mol. The first-order valence-electron chi connectivity index (χ1n) is 3.19. The number of hydrogen-bond acceptors (Lipinski definition) is 3. The molecule has 0 aromatic rings. The highest BCUT2D eigenvalue weighted by Gasteiger charge is 2.27. The third-order valence-electron chi connectivity index (χ3n) is 1.33. The predicted octanol–water partition coefficient (Wildman–Crippen LogP) is 2.34. The Kier molecular flexibility index (Phi) is 3.98. The van der Waals surface area contributed by atoms with Crippen molar-refractivity contribution in [3.05, 3.63) is 12.7 Å². The molecule has 0 aliphatic rings. The first-order chi connectivity index (χ1) is 5.04. The van der Waals surface area contributed by atoms with Gasteiger partial charge in [0.2, 0.25) is 0 Å². The molecule has 0 saturated carbocycles. The molecule has 0 bridgehead atoms. The van der Waals surface area contributed by atoms with Crippen molar-refractivity contribution in [2.24, 2.45) is 5.41 Å². The lowest BCUT2D eigenvalue weighted by molar-refractivity contribution is -0.142. The van der Waals surface area contributed by atoms with Crippen LogP contribution < -0.4 is 0 Å². The molecule has 62 valence electrons. The summed E-state index contributed by atoms with van der Waals surface area (Å²) in [5, 5.41) is 0. The van der Waals surface area contributed by atoms with E-state index in [0.717, 1.165) is 0 Å². The molecule has 0 heterocycles. The second-order valence-corrected chi connectivity index (χ2v) is 3.16. The average Bonchev–Trinajstić information content (AvgIpc) is 1.88. The molecule has 0 unspecified atom stereocenters. The van der Waals surface area contributed by atoms with E-state index in [-0.39, 0.29) is 0 Å². The first-order valence-corrected chi connectivity index (χ1v) is 3.92. The van der Waals surface area contributed by atoms with Gasteiger partial charge in [-0.3, -0.25) is 4.79 Å². The van der Waals surface area contributed by atoms with Gasteiger partial charge in [0.15, 0.2) is 0 Å². The Balaban J connectivity index is 4.15.